The van der Waals surface area contributed by atoms with Crippen LogP contribution in [0.4, 0.5) is 0 Å². The second-order valence-corrected chi connectivity index (χ2v) is 7.17. The molecule has 0 bridgehead atoms. The maximum atomic E-state index is 9.93. The summed E-state index contributed by atoms with van der Waals surface area (Å²) in [6.07, 6.45) is 0. The Hall–Kier alpha value is -2.98. The van der Waals surface area contributed by atoms with Gasteiger partial charge < -0.3 is 19.7 Å². The summed E-state index contributed by atoms with van der Waals surface area (Å²) in [7, 11) is 0. The molecule has 0 aromatic heterocycles. The van der Waals surface area contributed by atoms with Gasteiger partial charge in [0.15, 0.2) is 0 Å². The van der Waals surface area contributed by atoms with Crippen molar-refractivity contribution in [3.63, 3.8) is 0 Å². The summed E-state index contributed by atoms with van der Waals surface area (Å²) < 4.78 is 12.1. The zero-order valence-corrected chi connectivity index (χ0v) is 16.7. The molecule has 0 unspecified atom stereocenters. The zero-order valence-electron chi connectivity index (χ0n) is 16.7. The Bertz CT molecular complexity index is 969. The van der Waals surface area contributed by atoms with Crippen LogP contribution in [-0.2, 0) is 13.2 Å². The van der Waals surface area contributed by atoms with Gasteiger partial charge in [-0.3, -0.25) is 0 Å². The summed E-state index contributed by atoms with van der Waals surface area (Å²) in [6, 6.07) is 15.3. The van der Waals surface area contributed by atoms with Gasteiger partial charge in [0.25, 0.3) is 0 Å². The van der Waals surface area contributed by atoms with Crippen LogP contribution >= 0.6 is 0 Å². The lowest BCUT2D eigenvalue weighted by Gasteiger charge is -2.16. The van der Waals surface area contributed by atoms with Crippen molar-refractivity contribution in [2.24, 2.45) is 0 Å². The molecule has 2 N–H and O–H groups in total. The van der Waals surface area contributed by atoms with E-state index in [1.165, 1.54) is 0 Å². The van der Waals surface area contributed by atoms with Crippen LogP contribution < -0.4 is 9.47 Å². The predicted molar refractivity (Wildman–Crippen MR) is 110 cm³/mol. The quantitative estimate of drug-likeness (QED) is 0.595. The minimum Gasteiger partial charge on any atom is -0.507 e. The van der Waals surface area contributed by atoms with E-state index in [0.717, 1.165) is 44.9 Å². The molecule has 4 heteroatoms. The number of phenols is 1. The molecular weight excluding hydrogens is 352 g/mol. The summed E-state index contributed by atoms with van der Waals surface area (Å²) in [4.78, 5) is 0. The molecule has 0 amide bonds. The smallest absolute Gasteiger partial charge is 0.134 e. The van der Waals surface area contributed by atoms with E-state index < -0.39 is 0 Å². The average Bonchev–Trinajstić information content (AvgIpc) is 2.67. The Labute approximate surface area is 166 Å². The molecule has 0 aliphatic carbocycles. The van der Waals surface area contributed by atoms with Gasteiger partial charge in [0.2, 0.25) is 0 Å². The molecule has 3 rings (SSSR count). The Morgan fingerprint density at radius 2 is 1.46 bits per heavy atom. The van der Waals surface area contributed by atoms with Crippen molar-refractivity contribution in [3.05, 3.63) is 81.9 Å². The highest BCUT2D eigenvalue weighted by Gasteiger charge is 2.10. The first-order valence-corrected chi connectivity index (χ1v) is 9.28. The molecule has 0 saturated carbocycles. The van der Waals surface area contributed by atoms with Crippen molar-refractivity contribution < 1.29 is 19.7 Å². The predicted octanol–water partition coefficient (Wildman–Crippen LogP) is 5.49. The van der Waals surface area contributed by atoms with Crippen molar-refractivity contribution in [2.75, 3.05) is 0 Å². The van der Waals surface area contributed by atoms with Crippen molar-refractivity contribution in [3.8, 4) is 23.0 Å². The molecule has 3 aromatic carbocycles. The number of benzene rings is 3. The van der Waals surface area contributed by atoms with Gasteiger partial charge in [-0.15, -0.1) is 0 Å². The van der Waals surface area contributed by atoms with Gasteiger partial charge in [-0.05, 0) is 80.3 Å². The molecule has 0 radical (unpaired) electrons. The molecule has 0 atom stereocenters. The number of hydrogen-bond donors (Lipinski definition) is 2. The number of rotatable bonds is 6. The number of aliphatic hydroxyl groups is 1. The maximum Gasteiger partial charge on any atom is 0.134 e. The summed E-state index contributed by atoms with van der Waals surface area (Å²) in [5.41, 5.74) is 5.45. The van der Waals surface area contributed by atoms with E-state index in [0.29, 0.717) is 18.1 Å². The van der Waals surface area contributed by atoms with E-state index in [9.17, 15) is 10.2 Å². The Kier molecular flexibility index (Phi) is 5.90. The fraction of sp³-hybridized carbons (Fsp3) is 0.250. The largest absolute Gasteiger partial charge is 0.507 e. The van der Waals surface area contributed by atoms with Crippen molar-refractivity contribution in [2.45, 2.75) is 40.9 Å². The molecule has 0 spiro atoms. The molecule has 28 heavy (non-hydrogen) atoms. The van der Waals surface area contributed by atoms with E-state index in [1.54, 1.807) is 0 Å². The summed E-state index contributed by atoms with van der Waals surface area (Å²) >= 11 is 0. The third-order valence-corrected chi connectivity index (χ3v) is 4.72. The second kappa shape index (κ2) is 8.36. The first kappa shape index (κ1) is 19.8. The molecule has 0 fully saturated rings. The van der Waals surface area contributed by atoms with Crippen LogP contribution in [0, 0.1) is 27.7 Å². The maximum absolute atomic E-state index is 9.93. The summed E-state index contributed by atoms with van der Waals surface area (Å²) in [6.45, 7) is 8.07. The minimum absolute atomic E-state index is 0.0101. The lowest BCUT2D eigenvalue weighted by atomic mass is 10.1. The van der Waals surface area contributed by atoms with Crippen LogP contribution in [0.1, 0.15) is 33.4 Å². The van der Waals surface area contributed by atoms with Gasteiger partial charge in [0.05, 0.1) is 6.61 Å². The fourth-order valence-electron chi connectivity index (χ4n) is 3.12. The van der Waals surface area contributed by atoms with Crippen molar-refractivity contribution >= 4 is 0 Å². The van der Waals surface area contributed by atoms with Gasteiger partial charge in [-0.1, -0.05) is 23.8 Å². The number of phenolic OH excluding ortho intramolecular Hbond substituents is 1. The summed E-state index contributed by atoms with van der Waals surface area (Å²) in [5, 5.41) is 19.2. The average molecular weight is 378 g/mol. The molecule has 3 aromatic rings. The van der Waals surface area contributed by atoms with Crippen LogP contribution in [0.25, 0.3) is 0 Å². The second-order valence-electron chi connectivity index (χ2n) is 7.17. The number of ether oxygens (including phenoxy) is 2. The standard InChI is InChI=1S/C24H26O4/c1-15-5-7-23(28-22-8-6-19(13-25)10-16(22)2)20(9-15)14-27-21-11-17(3)24(26)18(4)12-21/h5-12,25-26H,13-14H2,1-4H3. The van der Waals surface area contributed by atoms with Crippen LogP contribution in [0.2, 0.25) is 0 Å². The normalized spacial score (nSPS) is 10.8. The molecular formula is C24H26O4. The number of aliphatic hydroxyl groups excluding tert-OH is 1. The first-order chi connectivity index (χ1) is 13.4. The van der Waals surface area contributed by atoms with Gasteiger partial charge in [0.1, 0.15) is 29.6 Å². The molecule has 0 aliphatic heterocycles. The SMILES string of the molecule is Cc1ccc(Oc2ccc(CO)cc2C)c(COc2cc(C)c(O)c(C)c2)c1. The highest BCUT2D eigenvalue weighted by molar-refractivity contribution is 5.46. The first-order valence-electron chi connectivity index (χ1n) is 9.28. The van der Waals surface area contributed by atoms with E-state index in [4.69, 9.17) is 9.47 Å². The fourth-order valence-corrected chi connectivity index (χ4v) is 3.12. The molecule has 146 valence electrons. The van der Waals surface area contributed by atoms with Crippen LogP contribution in [-0.4, -0.2) is 10.2 Å². The van der Waals surface area contributed by atoms with Crippen LogP contribution in [0.15, 0.2) is 48.5 Å². The van der Waals surface area contributed by atoms with Gasteiger partial charge in [-0.25, -0.2) is 0 Å². The summed E-state index contributed by atoms with van der Waals surface area (Å²) in [5.74, 6) is 2.49. The van der Waals surface area contributed by atoms with E-state index in [1.807, 2.05) is 76.2 Å². The molecule has 0 aliphatic rings. The molecule has 0 saturated heterocycles. The number of aryl methyl sites for hydroxylation is 4. The van der Waals surface area contributed by atoms with Crippen LogP contribution in [0.5, 0.6) is 23.0 Å². The van der Waals surface area contributed by atoms with Crippen molar-refractivity contribution in [1.82, 2.24) is 0 Å². The zero-order chi connectivity index (χ0) is 20.3. The lowest BCUT2D eigenvalue weighted by Crippen LogP contribution is -2.00. The monoisotopic (exact) mass is 378 g/mol. The van der Waals surface area contributed by atoms with E-state index >= 15 is 0 Å². The Morgan fingerprint density at radius 1 is 0.786 bits per heavy atom. The Morgan fingerprint density at radius 3 is 2.11 bits per heavy atom. The van der Waals surface area contributed by atoms with Gasteiger partial charge in [0, 0.05) is 5.56 Å². The molecule has 0 heterocycles. The lowest BCUT2D eigenvalue weighted by molar-refractivity contribution is 0.281. The highest BCUT2D eigenvalue weighted by Crippen LogP contribution is 2.31. The Balaban J connectivity index is 1.83. The highest BCUT2D eigenvalue weighted by atomic mass is 16.5. The number of aromatic hydroxyl groups is 1. The van der Waals surface area contributed by atoms with Crippen LogP contribution in [0.3, 0.4) is 0 Å². The van der Waals surface area contributed by atoms with E-state index in [-0.39, 0.29) is 6.61 Å². The van der Waals surface area contributed by atoms with Crippen molar-refractivity contribution in [1.29, 1.82) is 0 Å². The van der Waals surface area contributed by atoms with Gasteiger partial charge in [-0.2, -0.15) is 0 Å². The minimum atomic E-state index is 0.0101. The topological polar surface area (TPSA) is 58.9 Å². The number of hydrogen-bond acceptors (Lipinski definition) is 4. The van der Waals surface area contributed by atoms with Gasteiger partial charge >= 0.3 is 0 Å². The van der Waals surface area contributed by atoms with E-state index in [2.05, 4.69) is 0 Å². The molecule has 4 nitrogen and oxygen atoms in total. The third-order valence-electron chi connectivity index (χ3n) is 4.72. The third kappa shape index (κ3) is 4.46.